The van der Waals surface area contributed by atoms with E-state index >= 15 is 0 Å². The Morgan fingerprint density at radius 3 is 2.66 bits per heavy atom. The third kappa shape index (κ3) is 11.1. The Labute approximate surface area is 382 Å². The van der Waals surface area contributed by atoms with Gasteiger partial charge in [0.1, 0.15) is 17.6 Å². The lowest BCUT2D eigenvalue weighted by Crippen LogP contribution is -2.52. The first-order valence-electron chi connectivity index (χ1n) is 21.3. The van der Waals surface area contributed by atoms with Gasteiger partial charge in [-0.25, -0.2) is 19.0 Å². The molecule has 21 heteroatoms. The van der Waals surface area contributed by atoms with Crippen molar-refractivity contribution in [3.63, 3.8) is 0 Å². The summed E-state index contributed by atoms with van der Waals surface area (Å²) >= 11 is 7.45. The van der Waals surface area contributed by atoms with E-state index in [1.54, 1.807) is 47.4 Å². The van der Waals surface area contributed by atoms with Crippen molar-refractivity contribution in [3.05, 3.63) is 106 Å². The molecule has 340 valence electrons. The maximum atomic E-state index is 14.7. The summed E-state index contributed by atoms with van der Waals surface area (Å²) in [6.45, 7) is 1.75. The molecule has 0 radical (unpaired) electrons. The molecule has 5 heterocycles. The molecule has 2 aromatic carbocycles. The molecule has 0 bridgehead atoms. The van der Waals surface area contributed by atoms with Gasteiger partial charge in [0.15, 0.2) is 16.7 Å². The summed E-state index contributed by atoms with van der Waals surface area (Å²) in [4.78, 5) is 74.6. The van der Waals surface area contributed by atoms with Crippen LogP contribution in [-0.4, -0.2) is 97.8 Å². The summed E-state index contributed by atoms with van der Waals surface area (Å²) in [5.41, 5.74) is 2.01. The highest BCUT2D eigenvalue weighted by molar-refractivity contribution is 7.13. The number of fused-ring (bicyclic) bond motifs is 1. The van der Waals surface area contributed by atoms with E-state index in [0.29, 0.717) is 91.9 Å². The van der Waals surface area contributed by atoms with E-state index in [9.17, 15) is 28.4 Å². The summed E-state index contributed by atoms with van der Waals surface area (Å²) in [6, 6.07) is 14.6. The number of nitrogens with zero attached hydrogens (tertiary/aromatic N) is 6. The zero-order chi connectivity index (χ0) is 45.3. The van der Waals surface area contributed by atoms with Crippen molar-refractivity contribution in [2.75, 3.05) is 36.9 Å². The van der Waals surface area contributed by atoms with Gasteiger partial charge >= 0.3 is 0 Å². The number of anilines is 3. The Kier molecular flexibility index (Phi) is 14.4. The number of imide groups is 1. The van der Waals surface area contributed by atoms with Gasteiger partial charge in [0, 0.05) is 60.0 Å². The summed E-state index contributed by atoms with van der Waals surface area (Å²) < 4.78 is 28.1. The molecule has 3 aliphatic rings. The minimum Gasteiger partial charge on any atom is -0.487 e. The number of aromatic nitrogens is 5. The number of amides is 5. The lowest BCUT2D eigenvalue weighted by atomic mass is 9.69. The van der Waals surface area contributed by atoms with Gasteiger partial charge in [-0.2, -0.15) is 0 Å². The average Bonchev–Trinajstić information content (AvgIpc) is 4.06. The molecule has 1 aliphatic carbocycles. The summed E-state index contributed by atoms with van der Waals surface area (Å²) in [5, 5.41) is 25.5. The third-order valence-corrected chi connectivity index (χ3v) is 12.6. The maximum absolute atomic E-state index is 14.7. The minimum absolute atomic E-state index is 0.00202. The normalized spacial score (nSPS) is 19.4. The number of carbonyl (C=O) groups excluding carboxylic acids is 5. The van der Waals surface area contributed by atoms with Crippen molar-refractivity contribution >= 4 is 69.1 Å². The second-order valence-corrected chi connectivity index (χ2v) is 17.3. The Balaban J connectivity index is 0.777. The number of carbonyl (C=O) groups is 5. The number of ether oxygens (including phenoxy) is 2. The fourth-order valence-electron chi connectivity index (χ4n) is 8.28. The quantitative estimate of drug-likeness (QED) is 0.0568. The van der Waals surface area contributed by atoms with E-state index in [1.807, 2.05) is 23.6 Å². The summed E-state index contributed by atoms with van der Waals surface area (Å²) in [7, 11) is 0. The lowest BCUT2D eigenvalue weighted by molar-refractivity contribution is -0.137. The number of rotatable bonds is 19. The first kappa shape index (κ1) is 45.2. The highest BCUT2D eigenvalue weighted by Crippen LogP contribution is 2.41. The number of hydrogen-bond acceptors (Lipinski definition) is 14. The number of piperidine rings is 1. The van der Waals surface area contributed by atoms with Crippen LogP contribution in [0.3, 0.4) is 0 Å². The van der Waals surface area contributed by atoms with Gasteiger partial charge < -0.3 is 35.6 Å². The van der Waals surface area contributed by atoms with Crippen LogP contribution < -0.4 is 31.3 Å². The van der Waals surface area contributed by atoms with E-state index in [4.69, 9.17) is 26.1 Å². The molecular formula is C44H47ClFN11O7S. The number of benzene rings is 2. The largest absolute Gasteiger partial charge is 0.487 e. The van der Waals surface area contributed by atoms with Gasteiger partial charge in [-0.1, -0.05) is 35.0 Å². The standard InChI is InChI=1S/C44H47ClFN11O7S/c45-32-6-3-8-35(39(32)46)64-29-12-14-44(15-13-29,22-27-4-1-9-36(50-27)52-43-48-17-21-65-43)42(62)49-23-28-25-56(55-54-28)18-20-63-19-16-47-24-38(59)51-33-7-2-5-30-31(33)26-57(41(30)61)34-10-11-37(58)53-40(34)60/h1-9,17,21,25,29,34,47H,10-16,18-20,22-24,26H2,(H,49,62)(H,51,59)(H,48,50,52)(H,53,58,60)/t29-,34?,44-. The van der Waals surface area contributed by atoms with Crippen LogP contribution in [0.25, 0.3) is 0 Å². The van der Waals surface area contributed by atoms with Crippen molar-refractivity contribution in [3.8, 4) is 5.75 Å². The van der Waals surface area contributed by atoms with Gasteiger partial charge in [0.2, 0.25) is 23.6 Å². The monoisotopic (exact) mass is 927 g/mol. The van der Waals surface area contributed by atoms with Crippen LogP contribution in [0.15, 0.2) is 72.4 Å². The van der Waals surface area contributed by atoms with Crippen LogP contribution in [0.2, 0.25) is 5.02 Å². The van der Waals surface area contributed by atoms with Gasteiger partial charge in [-0.15, -0.1) is 16.4 Å². The smallest absolute Gasteiger partial charge is 0.255 e. The average molecular weight is 928 g/mol. The number of halogens is 2. The Morgan fingerprint density at radius 2 is 1.85 bits per heavy atom. The Morgan fingerprint density at radius 1 is 1.02 bits per heavy atom. The van der Waals surface area contributed by atoms with Gasteiger partial charge in [-0.3, -0.25) is 29.3 Å². The number of hydrogen-bond donors (Lipinski definition) is 5. The predicted octanol–water partition coefficient (Wildman–Crippen LogP) is 4.54. The van der Waals surface area contributed by atoms with Crippen molar-refractivity contribution < 1.29 is 37.8 Å². The third-order valence-electron chi connectivity index (χ3n) is 11.6. The molecule has 2 fully saturated rings. The van der Waals surface area contributed by atoms with Crippen LogP contribution >= 0.6 is 22.9 Å². The van der Waals surface area contributed by atoms with Gasteiger partial charge in [-0.05, 0) is 68.5 Å². The predicted molar refractivity (Wildman–Crippen MR) is 237 cm³/mol. The highest BCUT2D eigenvalue weighted by Gasteiger charge is 2.43. The minimum atomic E-state index is -0.818. The molecule has 1 saturated heterocycles. The van der Waals surface area contributed by atoms with E-state index in [-0.39, 0.29) is 73.0 Å². The summed E-state index contributed by atoms with van der Waals surface area (Å²) in [6.07, 6.45) is 5.92. The Bertz CT molecular complexity index is 2540. The fraction of sp³-hybridized carbons (Fsp3) is 0.386. The van der Waals surface area contributed by atoms with Crippen LogP contribution in [0.5, 0.6) is 5.75 Å². The molecule has 3 aromatic heterocycles. The van der Waals surface area contributed by atoms with Crippen molar-refractivity contribution in [1.29, 1.82) is 0 Å². The van der Waals surface area contributed by atoms with Gasteiger partial charge in [0.05, 0.1) is 55.6 Å². The molecule has 8 rings (SSSR count). The maximum Gasteiger partial charge on any atom is 0.255 e. The second kappa shape index (κ2) is 20.7. The van der Waals surface area contributed by atoms with Crippen molar-refractivity contribution in [1.82, 2.24) is 45.8 Å². The topological polar surface area (TPSA) is 224 Å². The molecule has 1 atom stereocenters. The molecule has 65 heavy (non-hydrogen) atoms. The molecule has 1 unspecified atom stereocenters. The van der Waals surface area contributed by atoms with Gasteiger partial charge in [0.25, 0.3) is 5.91 Å². The first-order chi connectivity index (χ1) is 31.5. The van der Waals surface area contributed by atoms with E-state index in [2.05, 4.69) is 41.9 Å². The molecule has 5 N–H and O–H groups in total. The highest BCUT2D eigenvalue weighted by atomic mass is 35.5. The fourth-order valence-corrected chi connectivity index (χ4v) is 8.98. The van der Waals surface area contributed by atoms with E-state index in [0.717, 1.165) is 5.69 Å². The van der Waals surface area contributed by atoms with E-state index < -0.39 is 23.2 Å². The first-order valence-corrected chi connectivity index (χ1v) is 22.5. The van der Waals surface area contributed by atoms with Crippen LogP contribution in [-0.2, 0) is 50.0 Å². The SMILES string of the molecule is O=C1CCC(N2Cc3c(NC(=O)CNCCOCCn4cc(CNC(=O)[C@]5(Cc6cccc(Nc7nccs7)n6)CC[C@@H](Oc6cccc(Cl)c6F)CC5)nn4)cccc3C2=O)C(=O)N1. The number of pyridine rings is 1. The number of nitrogens with one attached hydrogen (secondary N) is 5. The zero-order valence-electron chi connectivity index (χ0n) is 35.2. The van der Waals surface area contributed by atoms with E-state index in [1.165, 1.54) is 22.3 Å². The van der Waals surface area contributed by atoms with Crippen molar-refractivity contribution in [2.45, 2.75) is 76.7 Å². The molecular weight excluding hydrogens is 881 g/mol. The Hall–Kier alpha value is -6.35. The number of thiazole rings is 1. The molecule has 5 amide bonds. The van der Waals surface area contributed by atoms with Crippen molar-refractivity contribution in [2.24, 2.45) is 5.41 Å². The second-order valence-electron chi connectivity index (χ2n) is 16.0. The zero-order valence-corrected chi connectivity index (χ0v) is 36.8. The summed E-state index contributed by atoms with van der Waals surface area (Å²) in [5.74, 6) is -1.53. The lowest BCUT2D eigenvalue weighted by Gasteiger charge is -2.39. The molecule has 5 aromatic rings. The molecule has 2 aliphatic heterocycles. The molecule has 0 spiro atoms. The molecule has 18 nitrogen and oxygen atoms in total. The molecule has 1 saturated carbocycles. The van der Waals surface area contributed by atoms with Crippen LogP contribution in [0.4, 0.5) is 21.0 Å². The van der Waals surface area contributed by atoms with Crippen LogP contribution in [0, 0.1) is 11.2 Å². The van der Waals surface area contributed by atoms with Crippen LogP contribution in [0.1, 0.15) is 65.8 Å².